The molecule has 0 atom stereocenters. The highest BCUT2D eigenvalue weighted by atomic mass is 16.5. The minimum atomic E-state index is 0.374. The zero-order chi connectivity index (χ0) is 29.4. The highest BCUT2D eigenvalue weighted by molar-refractivity contribution is 5.84. The summed E-state index contributed by atoms with van der Waals surface area (Å²) in [5.74, 6) is 0.720. The third-order valence-corrected chi connectivity index (χ3v) is 6.01. The van der Waals surface area contributed by atoms with Gasteiger partial charge in [0.25, 0.3) is 0 Å². The summed E-state index contributed by atoms with van der Waals surface area (Å²) >= 11 is 0. The van der Waals surface area contributed by atoms with Crippen LogP contribution in [0.4, 0.5) is 5.69 Å². The zero-order valence-electron chi connectivity index (χ0n) is 24.9. The van der Waals surface area contributed by atoms with Gasteiger partial charge in [-0.1, -0.05) is 91.3 Å². The average Bonchev–Trinajstić information content (AvgIpc) is 3.57. The van der Waals surface area contributed by atoms with E-state index in [1.807, 2.05) is 31.2 Å². The summed E-state index contributed by atoms with van der Waals surface area (Å²) in [6.45, 7) is 13.2. The number of benzene rings is 2. The molecule has 0 saturated heterocycles. The minimum Gasteiger partial charge on any atom is -0.400 e. The summed E-state index contributed by atoms with van der Waals surface area (Å²) in [4.78, 5) is 12.6. The molecular weight excluding hydrogens is 500 g/mol. The van der Waals surface area contributed by atoms with Crippen LogP contribution in [0.25, 0.3) is 5.57 Å². The Morgan fingerprint density at radius 1 is 1.07 bits per heavy atom. The second-order valence-corrected chi connectivity index (χ2v) is 9.28. The van der Waals surface area contributed by atoms with Crippen LogP contribution in [-0.2, 0) is 22.6 Å². The summed E-state index contributed by atoms with van der Waals surface area (Å²) < 4.78 is 10.6. The molecule has 0 fully saturated rings. The average molecular weight is 549 g/mol. The second-order valence-electron chi connectivity index (χ2n) is 9.28. The minimum absolute atomic E-state index is 0.374. The third-order valence-electron chi connectivity index (χ3n) is 6.01. The van der Waals surface area contributed by atoms with Gasteiger partial charge < -0.3 is 24.1 Å². The van der Waals surface area contributed by atoms with Crippen molar-refractivity contribution in [2.24, 2.45) is 0 Å². The number of nitrogens with zero attached hydrogens (tertiary/aromatic N) is 2. The van der Waals surface area contributed by atoms with Gasteiger partial charge in [-0.25, -0.2) is 0 Å². The highest BCUT2D eigenvalue weighted by Crippen LogP contribution is 2.34. The normalized spacial score (nSPS) is 11.5. The highest BCUT2D eigenvalue weighted by Gasteiger charge is 2.20. The summed E-state index contributed by atoms with van der Waals surface area (Å²) in [7, 11) is 1.00. The van der Waals surface area contributed by atoms with Crippen molar-refractivity contribution in [3.63, 3.8) is 0 Å². The van der Waals surface area contributed by atoms with E-state index in [0.29, 0.717) is 19.6 Å². The number of allylic oxidation sites excluding steroid dienone is 2. The predicted molar refractivity (Wildman–Crippen MR) is 167 cm³/mol. The molecule has 1 aromatic heterocycles. The number of carbonyl (C=O) groups is 1. The molecule has 40 heavy (non-hydrogen) atoms. The van der Waals surface area contributed by atoms with Crippen LogP contribution in [0.1, 0.15) is 68.5 Å². The number of hydrogen-bond donors (Lipinski definition) is 1. The first-order valence-corrected chi connectivity index (χ1v) is 14.1. The molecule has 6 heteroatoms. The van der Waals surface area contributed by atoms with Gasteiger partial charge in [-0.05, 0) is 51.2 Å². The number of aryl methyl sites for hydroxylation is 2. The van der Waals surface area contributed by atoms with Crippen LogP contribution in [0.5, 0.6) is 0 Å². The van der Waals surface area contributed by atoms with E-state index in [1.54, 1.807) is 0 Å². The van der Waals surface area contributed by atoms with E-state index in [0.717, 1.165) is 70.0 Å². The number of hydrogen-bond acceptors (Lipinski definition) is 6. The fraction of sp³-hybridized carbons (Fsp3) is 0.412. The number of aldehydes is 1. The van der Waals surface area contributed by atoms with Gasteiger partial charge in [0.1, 0.15) is 12.9 Å². The zero-order valence-corrected chi connectivity index (χ0v) is 24.9. The van der Waals surface area contributed by atoms with E-state index in [-0.39, 0.29) is 0 Å². The molecule has 0 aliphatic carbocycles. The lowest BCUT2D eigenvalue weighted by Crippen LogP contribution is -2.21. The van der Waals surface area contributed by atoms with E-state index >= 15 is 0 Å². The van der Waals surface area contributed by atoms with Crippen LogP contribution in [0.2, 0.25) is 0 Å². The van der Waals surface area contributed by atoms with Gasteiger partial charge in [0, 0.05) is 43.9 Å². The number of unbranched alkanes of at least 4 members (excludes halogenated alkanes) is 2. The van der Waals surface area contributed by atoms with Crippen molar-refractivity contribution in [3.05, 3.63) is 102 Å². The van der Waals surface area contributed by atoms with E-state index in [4.69, 9.17) is 14.4 Å². The smallest absolute Gasteiger partial charge is 0.162 e. The summed E-state index contributed by atoms with van der Waals surface area (Å²) in [6.07, 6.45) is 10.9. The van der Waals surface area contributed by atoms with Crippen molar-refractivity contribution in [1.29, 1.82) is 0 Å². The molecule has 1 aliphatic heterocycles. The number of ether oxygens (including phenoxy) is 1. The van der Waals surface area contributed by atoms with E-state index in [9.17, 15) is 4.79 Å². The molecule has 6 nitrogen and oxygen atoms in total. The van der Waals surface area contributed by atoms with Gasteiger partial charge in [-0.2, -0.15) is 0 Å². The van der Waals surface area contributed by atoms with Gasteiger partial charge >= 0.3 is 0 Å². The van der Waals surface area contributed by atoms with Crippen molar-refractivity contribution in [1.82, 2.24) is 5.16 Å². The van der Waals surface area contributed by atoms with E-state index < -0.39 is 0 Å². The summed E-state index contributed by atoms with van der Waals surface area (Å²) in [5, 5.41) is 11.1. The first-order valence-electron chi connectivity index (χ1n) is 14.1. The Bertz CT molecular complexity index is 1090. The maximum absolute atomic E-state index is 10.2. The molecule has 2 aromatic carbocycles. The van der Waals surface area contributed by atoms with Crippen molar-refractivity contribution in [3.8, 4) is 0 Å². The molecule has 0 spiro atoms. The van der Waals surface area contributed by atoms with Crippen LogP contribution in [0, 0.1) is 6.92 Å². The first kappa shape index (κ1) is 34.5. The third kappa shape index (κ3) is 14.1. The van der Waals surface area contributed by atoms with Crippen LogP contribution in [-0.4, -0.2) is 43.4 Å². The standard InChI is InChI=1S/C21H26N2O3.C7H8.C5H10.CH4O/c1-17-15-23(21-10-5-4-9-20(17)21)11-6-2-3-8-18-14-19(26-22-18)16-25-13-7-12-24;1-7-5-3-2-4-6-7;1-3-5-4-2;1-2/h4-5,9-10,12,14H,1-3,6-8,11,13,15-16H2;2-6H,1H3;3,5H,4H2,1-2H3;2H,1H3/b;;5-3-;. The van der Waals surface area contributed by atoms with Gasteiger partial charge in [-0.15, -0.1) is 0 Å². The Kier molecular flexibility index (Phi) is 19.3. The molecular formula is C34H48N2O4. The van der Waals surface area contributed by atoms with E-state index in [1.165, 1.54) is 22.4 Å². The number of carbonyl (C=O) groups excluding carboxylic acids is 1. The van der Waals surface area contributed by atoms with Gasteiger partial charge in [0.2, 0.25) is 0 Å². The topological polar surface area (TPSA) is 75.8 Å². The Labute approximate surface area is 241 Å². The fourth-order valence-electron chi connectivity index (χ4n) is 4.05. The number of rotatable bonds is 12. The maximum Gasteiger partial charge on any atom is 0.162 e. The second kappa shape index (κ2) is 22.3. The van der Waals surface area contributed by atoms with Crippen LogP contribution < -0.4 is 4.90 Å². The molecule has 0 unspecified atom stereocenters. The monoisotopic (exact) mass is 548 g/mol. The molecule has 0 radical (unpaired) electrons. The molecule has 0 amide bonds. The molecule has 3 aromatic rings. The Hall–Kier alpha value is -3.48. The number of aliphatic hydroxyl groups excluding tert-OH is 1. The lowest BCUT2D eigenvalue weighted by molar-refractivity contribution is -0.108. The first-order chi connectivity index (χ1) is 19.6. The molecule has 218 valence electrons. The molecule has 2 heterocycles. The molecule has 4 rings (SSSR count). The number of para-hydroxylation sites is 1. The molecule has 0 bridgehead atoms. The maximum atomic E-state index is 10.2. The summed E-state index contributed by atoms with van der Waals surface area (Å²) in [5.41, 5.74) is 6.11. The number of anilines is 1. The van der Waals surface area contributed by atoms with Gasteiger partial charge in [-0.3, -0.25) is 0 Å². The molecule has 0 saturated carbocycles. The van der Waals surface area contributed by atoms with Crippen molar-refractivity contribution in [2.45, 2.75) is 65.9 Å². The Morgan fingerprint density at radius 3 is 2.42 bits per heavy atom. The molecule has 1 aliphatic rings. The number of fused-ring (bicyclic) bond motifs is 1. The Balaban J connectivity index is 0.000000471. The van der Waals surface area contributed by atoms with E-state index in [2.05, 4.69) is 79.0 Å². The van der Waals surface area contributed by atoms with Crippen LogP contribution in [0.15, 0.2) is 83.9 Å². The van der Waals surface area contributed by atoms with Crippen LogP contribution in [0.3, 0.4) is 0 Å². The lowest BCUT2D eigenvalue weighted by Gasteiger charge is -2.18. The number of aliphatic hydroxyl groups is 1. The van der Waals surface area contributed by atoms with Crippen LogP contribution >= 0.6 is 0 Å². The van der Waals surface area contributed by atoms with Crippen molar-refractivity contribution < 1.29 is 19.2 Å². The van der Waals surface area contributed by atoms with Gasteiger partial charge in [0.05, 0.1) is 12.3 Å². The van der Waals surface area contributed by atoms with Gasteiger partial charge in [0.15, 0.2) is 5.76 Å². The largest absolute Gasteiger partial charge is 0.400 e. The molecule has 1 N–H and O–H groups in total. The summed E-state index contributed by atoms with van der Waals surface area (Å²) in [6, 6.07) is 20.7. The quantitative estimate of drug-likeness (QED) is 0.143. The number of aromatic nitrogens is 1. The fourth-order valence-corrected chi connectivity index (χ4v) is 4.05. The lowest BCUT2D eigenvalue weighted by atomic mass is 10.1. The SMILES string of the molecule is C/C=C\CC.C=C1CN(CCCCCc2cc(COCCC=O)on2)c2ccccc21.CO.Cc1ccccc1. The van der Waals surface area contributed by atoms with Crippen molar-refractivity contribution in [2.75, 3.05) is 31.7 Å². The predicted octanol–water partition coefficient (Wildman–Crippen LogP) is 7.60. The Morgan fingerprint density at radius 2 is 1.80 bits per heavy atom. The van der Waals surface area contributed by atoms with Crippen molar-refractivity contribution >= 4 is 17.5 Å².